The Balaban J connectivity index is 3.61. The van der Waals surface area contributed by atoms with E-state index in [2.05, 4.69) is 26.5 Å². The molecule has 0 aromatic heterocycles. The van der Waals surface area contributed by atoms with E-state index in [4.69, 9.17) is 4.43 Å². The van der Waals surface area contributed by atoms with Crippen molar-refractivity contribution in [3.8, 4) is 0 Å². The highest BCUT2D eigenvalue weighted by Crippen LogP contribution is 2.10. The molecule has 0 saturated carbocycles. The van der Waals surface area contributed by atoms with E-state index in [-0.39, 0.29) is 9.76 Å². The number of hydrogen-bond acceptors (Lipinski definition) is 1. The molecule has 13 heavy (non-hydrogen) atoms. The van der Waals surface area contributed by atoms with Gasteiger partial charge in [-0.1, -0.05) is 44.9 Å². The van der Waals surface area contributed by atoms with Crippen LogP contribution in [0, 0.1) is 0 Å². The van der Waals surface area contributed by atoms with Crippen LogP contribution in [0.3, 0.4) is 0 Å². The highest BCUT2D eigenvalue weighted by molar-refractivity contribution is 6.34. The Morgan fingerprint density at radius 1 is 1.08 bits per heavy atom. The first-order valence-corrected chi connectivity index (χ1v) is 7.00. The molecule has 0 fully saturated rings. The fourth-order valence-corrected chi connectivity index (χ4v) is 2.59. The molecule has 0 aliphatic carbocycles. The first-order chi connectivity index (χ1) is 6.35. The SMILES string of the molecule is CCCO[SiH2]C=C(CCC)CCC. The summed E-state index contributed by atoms with van der Waals surface area (Å²) in [7, 11) is -0.350. The van der Waals surface area contributed by atoms with Crippen LogP contribution in [0.5, 0.6) is 0 Å². The van der Waals surface area contributed by atoms with Crippen LogP contribution in [-0.4, -0.2) is 16.4 Å². The molecule has 0 N–H and O–H groups in total. The van der Waals surface area contributed by atoms with E-state index in [9.17, 15) is 0 Å². The Hall–Kier alpha value is -0.0831. The summed E-state index contributed by atoms with van der Waals surface area (Å²) in [6.45, 7) is 7.61. The zero-order valence-corrected chi connectivity index (χ0v) is 10.8. The second-order valence-electron chi connectivity index (χ2n) is 3.44. The lowest BCUT2D eigenvalue weighted by Crippen LogP contribution is -1.98. The summed E-state index contributed by atoms with van der Waals surface area (Å²) < 4.78 is 5.57. The number of allylic oxidation sites excluding steroid dienone is 1. The van der Waals surface area contributed by atoms with Crippen molar-refractivity contribution in [2.24, 2.45) is 0 Å². The number of rotatable bonds is 8. The van der Waals surface area contributed by atoms with Gasteiger partial charge in [0.05, 0.1) is 0 Å². The largest absolute Gasteiger partial charge is 0.419 e. The summed E-state index contributed by atoms with van der Waals surface area (Å²) in [4.78, 5) is 0. The van der Waals surface area contributed by atoms with Gasteiger partial charge < -0.3 is 4.43 Å². The topological polar surface area (TPSA) is 9.23 Å². The maximum atomic E-state index is 5.57. The number of hydrogen-bond donors (Lipinski definition) is 0. The van der Waals surface area contributed by atoms with Gasteiger partial charge in [0.25, 0.3) is 0 Å². The third-order valence-electron chi connectivity index (χ3n) is 1.98. The van der Waals surface area contributed by atoms with Gasteiger partial charge in [-0.3, -0.25) is 0 Å². The first-order valence-electron chi connectivity index (χ1n) is 5.60. The van der Waals surface area contributed by atoms with Gasteiger partial charge in [-0.25, -0.2) is 0 Å². The van der Waals surface area contributed by atoms with Crippen LogP contribution in [0.25, 0.3) is 0 Å². The van der Waals surface area contributed by atoms with Crippen LogP contribution in [0.1, 0.15) is 52.9 Å². The highest BCUT2D eigenvalue weighted by atomic mass is 28.2. The van der Waals surface area contributed by atoms with Crippen molar-refractivity contribution in [1.29, 1.82) is 0 Å². The van der Waals surface area contributed by atoms with E-state index in [1.807, 2.05) is 0 Å². The van der Waals surface area contributed by atoms with E-state index >= 15 is 0 Å². The Labute approximate surface area is 85.5 Å². The Bertz CT molecular complexity index is 124. The minimum atomic E-state index is -0.350. The monoisotopic (exact) mass is 200 g/mol. The predicted molar refractivity (Wildman–Crippen MR) is 62.7 cm³/mol. The molecular weight excluding hydrogens is 176 g/mol. The second kappa shape index (κ2) is 10.0. The van der Waals surface area contributed by atoms with Gasteiger partial charge in [0.2, 0.25) is 0 Å². The molecule has 0 radical (unpaired) electrons. The van der Waals surface area contributed by atoms with E-state index in [0.717, 1.165) is 13.0 Å². The van der Waals surface area contributed by atoms with E-state index in [1.165, 1.54) is 25.7 Å². The smallest absolute Gasteiger partial charge is 0.185 e. The van der Waals surface area contributed by atoms with Crippen molar-refractivity contribution in [2.45, 2.75) is 52.9 Å². The first kappa shape index (κ1) is 12.9. The van der Waals surface area contributed by atoms with Crippen molar-refractivity contribution in [3.05, 3.63) is 11.3 Å². The van der Waals surface area contributed by atoms with Crippen LogP contribution >= 0.6 is 0 Å². The standard InChI is InChI=1S/C11H24OSi/c1-4-7-11(8-5-2)10-13-12-9-6-3/h10H,4-9,13H2,1-3H3. The van der Waals surface area contributed by atoms with Gasteiger partial charge in [0, 0.05) is 6.61 Å². The van der Waals surface area contributed by atoms with E-state index in [1.54, 1.807) is 5.57 Å². The third kappa shape index (κ3) is 8.25. The minimum Gasteiger partial charge on any atom is -0.419 e. The maximum Gasteiger partial charge on any atom is 0.185 e. The molecule has 0 aromatic rings. The predicted octanol–water partition coefficient (Wildman–Crippen LogP) is 2.98. The summed E-state index contributed by atoms with van der Waals surface area (Å²) in [6, 6.07) is 0. The molecule has 0 aromatic carbocycles. The lowest BCUT2D eigenvalue weighted by molar-refractivity contribution is 0.340. The van der Waals surface area contributed by atoms with Gasteiger partial charge in [-0.15, -0.1) is 0 Å². The average Bonchev–Trinajstić information content (AvgIpc) is 2.13. The Morgan fingerprint density at radius 3 is 2.15 bits per heavy atom. The molecule has 1 nitrogen and oxygen atoms in total. The van der Waals surface area contributed by atoms with E-state index in [0.29, 0.717) is 0 Å². The summed E-state index contributed by atoms with van der Waals surface area (Å²) >= 11 is 0. The van der Waals surface area contributed by atoms with Crippen molar-refractivity contribution in [3.63, 3.8) is 0 Å². The van der Waals surface area contributed by atoms with Crippen molar-refractivity contribution in [2.75, 3.05) is 6.61 Å². The van der Waals surface area contributed by atoms with Gasteiger partial charge in [0.1, 0.15) is 0 Å². The third-order valence-corrected chi connectivity index (χ3v) is 3.25. The molecule has 0 spiro atoms. The molecule has 78 valence electrons. The quantitative estimate of drug-likeness (QED) is 0.432. The maximum absolute atomic E-state index is 5.57. The molecule has 0 rings (SSSR count). The lowest BCUT2D eigenvalue weighted by Gasteiger charge is -2.04. The Morgan fingerprint density at radius 2 is 1.69 bits per heavy atom. The average molecular weight is 200 g/mol. The molecule has 0 unspecified atom stereocenters. The molecule has 0 aliphatic heterocycles. The minimum absolute atomic E-state index is 0.350. The summed E-state index contributed by atoms with van der Waals surface area (Å²) in [5.41, 5.74) is 4.04. The fraction of sp³-hybridized carbons (Fsp3) is 0.818. The normalized spacial score (nSPS) is 11.0. The van der Waals surface area contributed by atoms with Crippen LogP contribution in [0.4, 0.5) is 0 Å². The molecule has 0 amide bonds. The molecule has 0 saturated heterocycles. The van der Waals surface area contributed by atoms with Crippen LogP contribution in [0.15, 0.2) is 11.3 Å². The Kier molecular flexibility index (Phi) is 9.94. The van der Waals surface area contributed by atoms with Crippen LogP contribution in [-0.2, 0) is 4.43 Å². The van der Waals surface area contributed by atoms with Crippen molar-refractivity contribution in [1.82, 2.24) is 0 Å². The van der Waals surface area contributed by atoms with Gasteiger partial charge >= 0.3 is 0 Å². The summed E-state index contributed by atoms with van der Waals surface area (Å²) in [5, 5.41) is 0. The zero-order valence-electron chi connectivity index (χ0n) is 9.44. The van der Waals surface area contributed by atoms with E-state index < -0.39 is 0 Å². The highest BCUT2D eigenvalue weighted by Gasteiger charge is 1.94. The zero-order chi connectivity index (χ0) is 9.94. The van der Waals surface area contributed by atoms with Gasteiger partial charge in [0.15, 0.2) is 9.76 Å². The van der Waals surface area contributed by atoms with Crippen molar-refractivity contribution < 1.29 is 4.43 Å². The van der Waals surface area contributed by atoms with Crippen LogP contribution < -0.4 is 0 Å². The summed E-state index contributed by atoms with van der Waals surface area (Å²) in [6.07, 6.45) is 6.24. The van der Waals surface area contributed by atoms with Gasteiger partial charge in [-0.2, -0.15) is 0 Å². The van der Waals surface area contributed by atoms with Gasteiger partial charge in [-0.05, 0) is 19.3 Å². The molecule has 0 aliphatic rings. The molecule has 2 heteroatoms. The summed E-state index contributed by atoms with van der Waals surface area (Å²) in [5.74, 6) is 0. The molecule has 0 atom stereocenters. The van der Waals surface area contributed by atoms with Crippen molar-refractivity contribution >= 4 is 9.76 Å². The fourth-order valence-electron chi connectivity index (χ4n) is 1.38. The molecular formula is C11H24OSi. The molecule has 0 heterocycles. The molecule has 0 bridgehead atoms. The second-order valence-corrected chi connectivity index (χ2v) is 4.59. The lowest BCUT2D eigenvalue weighted by atomic mass is 10.1. The van der Waals surface area contributed by atoms with Crippen LogP contribution in [0.2, 0.25) is 0 Å².